The lowest BCUT2D eigenvalue weighted by atomic mass is 9.72. The predicted molar refractivity (Wildman–Crippen MR) is 93.2 cm³/mol. The van der Waals surface area contributed by atoms with Gasteiger partial charge in [0, 0.05) is 11.5 Å². The quantitative estimate of drug-likeness (QED) is 0.473. The molecule has 1 aromatic carbocycles. The van der Waals surface area contributed by atoms with Crippen LogP contribution < -0.4 is 4.74 Å². The third kappa shape index (κ3) is 6.11. The number of benzene rings is 1. The van der Waals surface area contributed by atoms with Crippen LogP contribution in [0.5, 0.6) is 5.75 Å². The monoisotopic (exact) mass is 390 g/mol. The number of carbonyl (C=O) groups is 1. The Morgan fingerprint density at radius 2 is 1.78 bits per heavy atom. The van der Waals surface area contributed by atoms with Crippen molar-refractivity contribution in [3.05, 3.63) is 29.6 Å². The molecule has 27 heavy (non-hydrogen) atoms. The summed E-state index contributed by atoms with van der Waals surface area (Å²) in [6.07, 6.45) is -3.20. The number of ether oxygens (including phenoxy) is 2. The fourth-order valence-corrected chi connectivity index (χ4v) is 3.13. The predicted octanol–water partition coefficient (Wildman–Crippen LogP) is 5.92. The molecule has 0 heterocycles. The summed E-state index contributed by atoms with van der Waals surface area (Å²) in [6.45, 7) is 7.14. The van der Waals surface area contributed by atoms with Gasteiger partial charge >= 0.3 is 12.1 Å². The van der Waals surface area contributed by atoms with Crippen LogP contribution in [0.2, 0.25) is 0 Å². The minimum Gasteiger partial charge on any atom is -0.493 e. The van der Waals surface area contributed by atoms with Crippen LogP contribution in [-0.4, -0.2) is 24.4 Å². The Bertz CT molecular complexity index is 669. The van der Waals surface area contributed by atoms with Crippen molar-refractivity contribution in [3.63, 3.8) is 0 Å². The minimum atomic E-state index is -4.15. The van der Waals surface area contributed by atoms with Gasteiger partial charge in [0.2, 0.25) is 0 Å². The van der Waals surface area contributed by atoms with E-state index in [-0.39, 0.29) is 36.2 Å². The van der Waals surface area contributed by atoms with Gasteiger partial charge in [-0.05, 0) is 58.6 Å². The fourth-order valence-electron chi connectivity index (χ4n) is 3.13. The standard InChI is InChI=1S/C20H26F4O3/c1-18(2,3)27-17(25)15-6-5-14(11-16(15)21)26-12-19(4)9-7-13(8-10-19)20(22,23)24/h5-6,11,13H,7-10,12H2,1-4H3. The molecule has 2 rings (SSSR count). The summed E-state index contributed by atoms with van der Waals surface area (Å²) >= 11 is 0. The maximum Gasteiger partial charge on any atom is 0.391 e. The number of halogens is 4. The van der Waals surface area contributed by atoms with Gasteiger partial charge in [0.25, 0.3) is 0 Å². The molecule has 0 aliphatic heterocycles. The Morgan fingerprint density at radius 1 is 1.19 bits per heavy atom. The zero-order chi connectivity index (χ0) is 20.5. The van der Waals surface area contributed by atoms with Crippen molar-refractivity contribution in [2.24, 2.45) is 11.3 Å². The Labute approximate surface area is 157 Å². The Kier molecular flexibility index (Phi) is 6.12. The van der Waals surface area contributed by atoms with Crippen LogP contribution in [0.15, 0.2) is 18.2 Å². The summed E-state index contributed by atoms with van der Waals surface area (Å²) in [5.74, 6) is -2.54. The lowest BCUT2D eigenvalue weighted by Gasteiger charge is -2.37. The summed E-state index contributed by atoms with van der Waals surface area (Å²) in [5.41, 5.74) is -1.31. The van der Waals surface area contributed by atoms with Crippen molar-refractivity contribution < 1.29 is 31.8 Å². The highest BCUT2D eigenvalue weighted by atomic mass is 19.4. The van der Waals surface area contributed by atoms with Crippen LogP contribution in [0.25, 0.3) is 0 Å². The lowest BCUT2D eigenvalue weighted by Crippen LogP contribution is -2.35. The second-order valence-corrected chi connectivity index (χ2v) is 8.56. The van der Waals surface area contributed by atoms with Gasteiger partial charge in [-0.25, -0.2) is 9.18 Å². The van der Waals surface area contributed by atoms with E-state index in [4.69, 9.17) is 9.47 Å². The SMILES string of the molecule is CC1(COc2ccc(C(=O)OC(C)(C)C)c(F)c2)CCC(C(F)(F)F)CC1. The molecule has 1 fully saturated rings. The highest BCUT2D eigenvalue weighted by molar-refractivity contribution is 5.90. The molecule has 0 saturated heterocycles. The number of carbonyl (C=O) groups excluding carboxylic acids is 1. The first-order valence-electron chi connectivity index (χ1n) is 9.01. The summed E-state index contributed by atoms with van der Waals surface area (Å²) in [7, 11) is 0. The zero-order valence-corrected chi connectivity index (χ0v) is 16.1. The molecule has 152 valence electrons. The van der Waals surface area contributed by atoms with Gasteiger partial charge in [-0.2, -0.15) is 13.2 Å². The zero-order valence-electron chi connectivity index (χ0n) is 16.1. The second-order valence-electron chi connectivity index (χ2n) is 8.56. The van der Waals surface area contributed by atoms with Crippen molar-refractivity contribution in [1.82, 2.24) is 0 Å². The van der Waals surface area contributed by atoms with Crippen LogP contribution in [0.1, 0.15) is 63.7 Å². The normalized spacial score (nSPS) is 23.8. The van der Waals surface area contributed by atoms with Gasteiger partial charge in [-0.15, -0.1) is 0 Å². The van der Waals surface area contributed by atoms with Crippen molar-refractivity contribution in [3.8, 4) is 5.75 Å². The molecule has 0 atom stereocenters. The average Bonchev–Trinajstić information content (AvgIpc) is 2.51. The van der Waals surface area contributed by atoms with Crippen LogP contribution in [0.3, 0.4) is 0 Å². The fraction of sp³-hybridized carbons (Fsp3) is 0.650. The van der Waals surface area contributed by atoms with Gasteiger partial charge in [0.15, 0.2) is 0 Å². The van der Waals surface area contributed by atoms with Crippen LogP contribution in [-0.2, 0) is 4.74 Å². The van der Waals surface area contributed by atoms with Gasteiger partial charge in [-0.3, -0.25) is 0 Å². The Hall–Kier alpha value is -1.79. The molecule has 1 aliphatic carbocycles. The number of esters is 1. The van der Waals surface area contributed by atoms with Gasteiger partial charge in [-0.1, -0.05) is 6.92 Å². The summed E-state index contributed by atoms with van der Waals surface area (Å²) in [5, 5.41) is 0. The third-order valence-electron chi connectivity index (χ3n) is 4.80. The van der Waals surface area contributed by atoms with Gasteiger partial charge < -0.3 is 9.47 Å². The van der Waals surface area contributed by atoms with E-state index in [0.29, 0.717) is 12.8 Å². The maximum absolute atomic E-state index is 14.2. The van der Waals surface area contributed by atoms with E-state index in [2.05, 4.69) is 0 Å². The first-order chi connectivity index (χ1) is 12.3. The first kappa shape index (κ1) is 21.5. The van der Waals surface area contributed by atoms with Crippen molar-refractivity contribution >= 4 is 5.97 Å². The maximum atomic E-state index is 14.2. The largest absolute Gasteiger partial charge is 0.493 e. The topological polar surface area (TPSA) is 35.5 Å². The smallest absolute Gasteiger partial charge is 0.391 e. The molecular formula is C20H26F4O3. The molecule has 0 bridgehead atoms. The molecule has 0 aromatic heterocycles. The minimum absolute atomic E-state index is 0.0787. The molecule has 0 spiro atoms. The summed E-state index contributed by atoms with van der Waals surface area (Å²) < 4.78 is 63.3. The van der Waals surface area contributed by atoms with Gasteiger partial charge in [0.1, 0.15) is 17.2 Å². The van der Waals surface area contributed by atoms with Crippen molar-refractivity contribution in [1.29, 1.82) is 0 Å². The second kappa shape index (κ2) is 7.68. The van der Waals surface area contributed by atoms with E-state index in [1.54, 1.807) is 20.8 Å². The van der Waals surface area contributed by atoms with Crippen LogP contribution >= 0.6 is 0 Å². The number of alkyl halides is 3. The van der Waals surface area contributed by atoms with E-state index in [9.17, 15) is 22.4 Å². The van der Waals surface area contributed by atoms with E-state index in [0.717, 1.165) is 6.07 Å². The molecule has 1 aromatic rings. The molecule has 0 unspecified atom stereocenters. The molecule has 1 saturated carbocycles. The van der Waals surface area contributed by atoms with Crippen molar-refractivity contribution in [2.75, 3.05) is 6.61 Å². The van der Waals surface area contributed by atoms with Crippen LogP contribution in [0, 0.1) is 17.2 Å². The molecule has 1 aliphatic rings. The first-order valence-corrected chi connectivity index (χ1v) is 9.01. The molecule has 0 radical (unpaired) electrons. The van der Waals surface area contributed by atoms with Gasteiger partial charge in [0.05, 0.1) is 18.1 Å². The van der Waals surface area contributed by atoms with Crippen molar-refractivity contribution in [2.45, 2.75) is 65.2 Å². The van der Waals surface area contributed by atoms with E-state index in [1.165, 1.54) is 12.1 Å². The van der Waals surface area contributed by atoms with E-state index < -0.39 is 29.5 Å². The Morgan fingerprint density at radius 3 is 2.26 bits per heavy atom. The van der Waals surface area contributed by atoms with E-state index >= 15 is 0 Å². The van der Waals surface area contributed by atoms with E-state index in [1.807, 2.05) is 6.92 Å². The average molecular weight is 390 g/mol. The third-order valence-corrected chi connectivity index (χ3v) is 4.80. The lowest BCUT2D eigenvalue weighted by molar-refractivity contribution is -0.187. The molecular weight excluding hydrogens is 364 g/mol. The highest BCUT2D eigenvalue weighted by Crippen LogP contribution is 2.45. The summed E-state index contributed by atoms with van der Waals surface area (Å²) in [4.78, 5) is 12.0. The molecule has 0 amide bonds. The Balaban J connectivity index is 1.95. The summed E-state index contributed by atoms with van der Waals surface area (Å²) in [6, 6.07) is 3.86. The molecule has 0 N–H and O–H groups in total. The number of hydrogen-bond donors (Lipinski definition) is 0. The highest BCUT2D eigenvalue weighted by Gasteiger charge is 2.44. The molecule has 7 heteroatoms. The van der Waals surface area contributed by atoms with Crippen LogP contribution in [0.4, 0.5) is 17.6 Å². The number of rotatable bonds is 4. The molecule has 3 nitrogen and oxygen atoms in total. The number of hydrogen-bond acceptors (Lipinski definition) is 3.